The molecule has 2 atom stereocenters. The first-order valence-corrected chi connectivity index (χ1v) is 8.64. The van der Waals surface area contributed by atoms with E-state index in [4.69, 9.17) is 14.7 Å². The van der Waals surface area contributed by atoms with E-state index in [1.165, 1.54) is 4.90 Å². The fourth-order valence-corrected chi connectivity index (χ4v) is 2.83. The van der Waals surface area contributed by atoms with Gasteiger partial charge in [-0.2, -0.15) is 5.26 Å². The van der Waals surface area contributed by atoms with Crippen LogP contribution in [0.2, 0.25) is 0 Å². The van der Waals surface area contributed by atoms with Gasteiger partial charge in [0.2, 0.25) is 0 Å². The highest BCUT2D eigenvalue weighted by Crippen LogP contribution is 2.23. The fraction of sp³-hybridized carbons (Fsp3) is 0.526. The normalized spacial score (nSPS) is 19.5. The van der Waals surface area contributed by atoms with Crippen LogP contribution in [0.3, 0.4) is 0 Å². The summed E-state index contributed by atoms with van der Waals surface area (Å²) in [5, 5.41) is 11.9. The number of ether oxygens (including phenoxy) is 2. The molecule has 0 radical (unpaired) electrons. The van der Waals surface area contributed by atoms with Crippen LogP contribution in [0.25, 0.3) is 0 Å². The number of likely N-dealkylation sites (tertiary alicyclic amines) is 1. The molecule has 1 aliphatic rings. The van der Waals surface area contributed by atoms with Gasteiger partial charge in [0, 0.05) is 6.54 Å². The summed E-state index contributed by atoms with van der Waals surface area (Å²) in [6.45, 7) is 5.95. The first kappa shape index (κ1) is 19.6. The Kier molecular flexibility index (Phi) is 6.45. The van der Waals surface area contributed by atoms with Gasteiger partial charge in [-0.05, 0) is 32.8 Å². The number of alkyl carbamates (subject to hydrolysis) is 1. The summed E-state index contributed by atoms with van der Waals surface area (Å²) in [6.07, 6.45) is -0.373. The lowest BCUT2D eigenvalue weighted by Gasteiger charge is -2.29. The van der Waals surface area contributed by atoms with Crippen molar-refractivity contribution in [2.45, 2.75) is 57.9 Å². The third-order valence-electron chi connectivity index (χ3n) is 3.99. The van der Waals surface area contributed by atoms with Crippen molar-refractivity contribution in [2.75, 3.05) is 6.54 Å². The SMILES string of the molecule is CC(C)(C)OC(=O)N1CC[C@H](NC(=O)OCc2ccccc2)[C@H]1CC#N. The van der Waals surface area contributed by atoms with E-state index < -0.39 is 23.8 Å². The number of hydrogen-bond acceptors (Lipinski definition) is 5. The Morgan fingerprint density at radius 3 is 2.62 bits per heavy atom. The third kappa shape index (κ3) is 5.66. The minimum atomic E-state index is -0.617. The summed E-state index contributed by atoms with van der Waals surface area (Å²) in [4.78, 5) is 25.9. The highest BCUT2D eigenvalue weighted by molar-refractivity contribution is 5.71. The molecule has 140 valence electrons. The van der Waals surface area contributed by atoms with Crippen LogP contribution in [0, 0.1) is 11.3 Å². The zero-order valence-corrected chi connectivity index (χ0v) is 15.4. The van der Waals surface area contributed by atoms with Crippen molar-refractivity contribution in [1.29, 1.82) is 5.26 Å². The Hall–Kier alpha value is -2.75. The number of rotatable bonds is 4. The van der Waals surface area contributed by atoms with Gasteiger partial charge in [0.25, 0.3) is 0 Å². The summed E-state index contributed by atoms with van der Waals surface area (Å²) in [5.41, 5.74) is 0.270. The van der Waals surface area contributed by atoms with Crippen LogP contribution in [0.1, 0.15) is 39.2 Å². The molecule has 1 aromatic carbocycles. The Balaban J connectivity index is 1.92. The molecule has 0 bridgehead atoms. The molecule has 0 spiro atoms. The van der Waals surface area contributed by atoms with Gasteiger partial charge in [-0.15, -0.1) is 0 Å². The van der Waals surface area contributed by atoms with Crippen molar-refractivity contribution < 1.29 is 19.1 Å². The van der Waals surface area contributed by atoms with E-state index >= 15 is 0 Å². The Labute approximate surface area is 153 Å². The van der Waals surface area contributed by atoms with E-state index in [9.17, 15) is 9.59 Å². The first-order valence-electron chi connectivity index (χ1n) is 8.64. The van der Waals surface area contributed by atoms with E-state index in [1.807, 2.05) is 30.3 Å². The maximum atomic E-state index is 12.3. The molecule has 2 amide bonds. The average molecular weight is 359 g/mol. The van der Waals surface area contributed by atoms with E-state index in [0.29, 0.717) is 13.0 Å². The summed E-state index contributed by atoms with van der Waals surface area (Å²) in [5.74, 6) is 0. The fourth-order valence-electron chi connectivity index (χ4n) is 2.83. The molecular formula is C19H25N3O4. The number of carbonyl (C=O) groups is 2. The molecule has 1 aromatic rings. The zero-order chi connectivity index (χ0) is 19.2. The summed E-state index contributed by atoms with van der Waals surface area (Å²) in [6, 6.07) is 10.7. The molecule has 1 heterocycles. The highest BCUT2D eigenvalue weighted by Gasteiger charge is 2.39. The van der Waals surface area contributed by atoms with Crippen molar-refractivity contribution in [3.63, 3.8) is 0 Å². The van der Waals surface area contributed by atoms with Crippen molar-refractivity contribution in [1.82, 2.24) is 10.2 Å². The first-order chi connectivity index (χ1) is 12.3. The van der Waals surface area contributed by atoms with Gasteiger partial charge in [-0.3, -0.25) is 0 Å². The molecule has 0 unspecified atom stereocenters. The maximum Gasteiger partial charge on any atom is 0.410 e. The molecule has 1 aliphatic heterocycles. The molecular weight excluding hydrogens is 334 g/mol. The van der Waals surface area contributed by atoms with Gasteiger partial charge in [-0.25, -0.2) is 9.59 Å². The molecule has 1 saturated heterocycles. The Bertz CT molecular complexity index is 664. The van der Waals surface area contributed by atoms with Crippen LogP contribution < -0.4 is 5.32 Å². The number of nitrogens with one attached hydrogen (secondary N) is 1. The predicted molar refractivity (Wildman–Crippen MR) is 95.1 cm³/mol. The van der Waals surface area contributed by atoms with Gasteiger partial charge in [-0.1, -0.05) is 30.3 Å². The zero-order valence-electron chi connectivity index (χ0n) is 15.4. The van der Waals surface area contributed by atoms with Gasteiger partial charge in [0.05, 0.1) is 24.6 Å². The second-order valence-electron chi connectivity index (χ2n) is 7.20. The van der Waals surface area contributed by atoms with Gasteiger partial charge >= 0.3 is 12.2 Å². The Morgan fingerprint density at radius 1 is 1.31 bits per heavy atom. The maximum absolute atomic E-state index is 12.3. The van der Waals surface area contributed by atoms with Crippen LogP contribution in [0.4, 0.5) is 9.59 Å². The topological polar surface area (TPSA) is 91.7 Å². The Morgan fingerprint density at radius 2 is 2.00 bits per heavy atom. The van der Waals surface area contributed by atoms with Crippen molar-refractivity contribution >= 4 is 12.2 Å². The lowest BCUT2D eigenvalue weighted by molar-refractivity contribution is 0.0217. The molecule has 7 heteroatoms. The number of carbonyl (C=O) groups excluding carboxylic acids is 2. The van der Waals surface area contributed by atoms with Crippen LogP contribution in [-0.2, 0) is 16.1 Å². The molecule has 7 nitrogen and oxygen atoms in total. The second kappa shape index (κ2) is 8.56. The standard InChI is InChI=1S/C19H25N3O4/c1-19(2,3)26-18(24)22-12-10-15(16(22)9-11-20)21-17(23)25-13-14-7-5-4-6-8-14/h4-8,15-16H,9-10,12-13H2,1-3H3,(H,21,23)/t15-,16+/m0/s1. The van der Waals surface area contributed by atoms with Crippen LogP contribution in [-0.4, -0.2) is 41.3 Å². The average Bonchev–Trinajstić information content (AvgIpc) is 2.95. The quantitative estimate of drug-likeness (QED) is 0.891. The molecule has 0 saturated carbocycles. The molecule has 1 fully saturated rings. The monoisotopic (exact) mass is 359 g/mol. The van der Waals surface area contributed by atoms with Crippen molar-refractivity contribution in [2.24, 2.45) is 0 Å². The van der Waals surface area contributed by atoms with Gasteiger partial charge < -0.3 is 19.7 Å². The molecule has 1 N–H and O–H groups in total. The largest absolute Gasteiger partial charge is 0.445 e. The minimum Gasteiger partial charge on any atom is -0.445 e. The number of hydrogen-bond donors (Lipinski definition) is 1. The van der Waals surface area contributed by atoms with Crippen LogP contribution in [0.5, 0.6) is 0 Å². The number of amides is 2. The van der Waals surface area contributed by atoms with E-state index in [1.54, 1.807) is 20.8 Å². The van der Waals surface area contributed by atoms with E-state index in [-0.39, 0.29) is 19.1 Å². The molecule has 0 aliphatic carbocycles. The van der Waals surface area contributed by atoms with Gasteiger partial charge in [0.1, 0.15) is 12.2 Å². The molecule has 26 heavy (non-hydrogen) atoms. The lowest BCUT2D eigenvalue weighted by Crippen LogP contribution is -2.47. The summed E-state index contributed by atoms with van der Waals surface area (Å²) in [7, 11) is 0. The predicted octanol–water partition coefficient (Wildman–Crippen LogP) is 3.20. The molecule has 2 rings (SSSR count). The second-order valence-corrected chi connectivity index (χ2v) is 7.20. The smallest absolute Gasteiger partial charge is 0.410 e. The lowest BCUT2D eigenvalue weighted by atomic mass is 10.1. The van der Waals surface area contributed by atoms with Crippen molar-refractivity contribution in [3.05, 3.63) is 35.9 Å². The van der Waals surface area contributed by atoms with Crippen LogP contribution in [0.15, 0.2) is 30.3 Å². The highest BCUT2D eigenvalue weighted by atomic mass is 16.6. The molecule has 0 aromatic heterocycles. The van der Waals surface area contributed by atoms with E-state index in [0.717, 1.165) is 5.56 Å². The van der Waals surface area contributed by atoms with E-state index in [2.05, 4.69) is 11.4 Å². The minimum absolute atomic E-state index is 0.114. The van der Waals surface area contributed by atoms with Crippen molar-refractivity contribution in [3.8, 4) is 6.07 Å². The third-order valence-corrected chi connectivity index (χ3v) is 3.99. The summed E-state index contributed by atoms with van der Waals surface area (Å²) >= 11 is 0. The van der Waals surface area contributed by atoms with Crippen LogP contribution >= 0.6 is 0 Å². The summed E-state index contributed by atoms with van der Waals surface area (Å²) < 4.78 is 10.6. The number of nitrogens with zero attached hydrogens (tertiary/aromatic N) is 2. The number of benzene rings is 1. The van der Waals surface area contributed by atoms with Gasteiger partial charge in [0.15, 0.2) is 0 Å². The number of nitriles is 1.